The molecule has 8 heteroatoms. The van der Waals surface area contributed by atoms with Gasteiger partial charge in [-0.1, -0.05) is 6.07 Å². The van der Waals surface area contributed by atoms with Gasteiger partial charge in [0.25, 0.3) is 11.8 Å². The minimum atomic E-state index is -0.995. The van der Waals surface area contributed by atoms with Crippen LogP contribution in [0.25, 0.3) is 0 Å². The Labute approximate surface area is 221 Å². The number of primary amides is 1. The molecule has 198 valence electrons. The van der Waals surface area contributed by atoms with E-state index >= 15 is 0 Å². The molecule has 2 bridgehead atoms. The van der Waals surface area contributed by atoms with Crippen molar-refractivity contribution in [1.82, 2.24) is 10.2 Å². The number of carbonyl (C=O) groups is 2. The van der Waals surface area contributed by atoms with Crippen molar-refractivity contribution in [2.24, 2.45) is 11.7 Å². The summed E-state index contributed by atoms with van der Waals surface area (Å²) in [7, 11) is 0. The largest absolute Gasteiger partial charge is 0.493 e. The Morgan fingerprint density at radius 1 is 1.13 bits per heavy atom. The second kappa shape index (κ2) is 7.73. The van der Waals surface area contributed by atoms with E-state index in [9.17, 15) is 14.7 Å². The Balaban J connectivity index is 1.19. The molecule has 0 aromatic heterocycles. The van der Waals surface area contributed by atoms with E-state index < -0.39 is 23.0 Å². The highest BCUT2D eigenvalue weighted by Crippen LogP contribution is 2.64. The van der Waals surface area contributed by atoms with Gasteiger partial charge in [0.05, 0.1) is 29.2 Å². The number of rotatable bonds is 5. The number of amides is 2. The smallest absolute Gasteiger partial charge is 0.252 e. The van der Waals surface area contributed by atoms with Crippen LogP contribution in [0.1, 0.15) is 69.5 Å². The number of nitrogens with zero attached hydrogens (tertiary/aromatic N) is 1. The molecule has 3 fully saturated rings. The molecule has 3 heterocycles. The summed E-state index contributed by atoms with van der Waals surface area (Å²) in [6.45, 7) is 2.54. The molecule has 6 aliphatic rings. The van der Waals surface area contributed by atoms with Crippen molar-refractivity contribution < 1.29 is 24.2 Å². The van der Waals surface area contributed by atoms with Gasteiger partial charge in [-0.05, 0) is 86.4 Å². The van der Waals surface area contributed by atoms with E-state index in [0.717, 1.165) is 60.7 Å². The minimum absolute atomic E-state index is 0.00538. The number of fused-ring (bicyclic) bond motifs is 1. The summed E-state index contributed by atoms with van der Waals surface area (Å²) < 4.78 is 12.3. The topological polar surface area (TPSA) is 114 Å². The van der Waals surface area contributed by atoms with Crippen LogP contribution in [0.5, 0.6) is 11.5 Å². The van der Waals surface area contributed by atoms with E-state index in [2.05, 4.69) is 10.2 Å². The Kier molecular flexibility index (Phi) is 4.65. The summed E-state index contributed by atoms with van der Waals surface area (Å²) >= 11 is 0. The lowest BCUT2D eigenvalue weighted by Crippen LogP contribution is -2.78. The maximum Gasteiger partial charge on any atom is 0.252 e. The first-order chi connectivity index (χ1) is 18.4. The maximum absolute atomic E-state index is 13.5. The molecule has 2 aromatic carbocycles. The van der Waals surface area contributed by atoms with E-state index in [-0.39, 0.29) is 18.0 Å². The number of aliphatic hydroxyl groups is 1. The summed E-state index contributed by atoms with van der Waals surface area (Å²) in [5, 5.41) is 15.9. The van der Waals surface area contributed by atoms with E-state index in [0.29, 0.717) is 36.3 Å². The highest BCUT2D eigenvalue weighted by atomic mass is 16.5. The average Bonchev–Trinajstić information content (AvgIpc) is 3.46. The van der Waals surface area contributed by atoms with Crippen LogP contribution in [0.15, 0.2) is 30.3 Å². The van der Waals surface area contributed by atoms with Gasteiger partial charge < -0.3 is 25.6 Å². The van der Waals surface area contributed by atoms with Gasteiger partial charge in [0.15, 0.2) is 0 Å². The van der Waals surface area contributed by atoms with Crippen molar-refractivity contribution in [2.75, 3.05) is 19.7 Å². The minimum Gasteiger partial charge on any atom is -0.493 e. The molecule has 3 aliphatic heterocycles. The first-order valence-electron chi connectivity index (χ1n) is 14.0. The van der Waals surface area contributed by atoms with Crippen molar-refractivity contribution >= 4 is 11.8 Å². The Hall–Kier alpha value is -3.10. The molecule has 3 aliphatic carbocycles. The molecule has 8 rings (SSSR count). The third-order valence-corrected chi connectivity index (χ3v) is 10.3. The molecular formula is C30H33N3O5. The maximum atomic E-state index is 13.5. The lowest BCUT2D eigenvalue weighted by Gasteiger charge is -2.64. The van der Waals surface area contributed by atoms with Gasteiger partial charge >= 0.3 is 0 Å². The monoisotopic (exact) mass is 515 g/mol. The zero-order chi connectivity index (χ0) is 25.8. The predicted molar refractivity (Wildman–Crippen MR) is 139 cm³/mol. The number of nitrogens with two attached hydrogens (primary N) is 1. The summed E-state index contributed by atoms with van der Waals surface area (Å²) in [5.74, 6) is 1.40. The molecule has 2 aromatic rings. The third kappa shape index (κ3) is 2.93. The molecule has 8 nitrogen and oxygen atoms in total. The van der Waals surface area contributed by atoms with Crippen LogP contribution >= 0.6 is 0 Å². The zero-order valence-corrected chi connectivity index (χ0v) is 21.4. The van der Waals surface area contributed by atoms with Gasteiger partial charge in [0.2, 0.25) is 0 Å². The predicted octanol–water partition coefficient (Wildman–Crippen LogP) is 2.08. The van der Waals surface area contributed by atoms with Crippen molar-refractivity contribution in [3.8, 4) is 11.5 Å². The van der Waals surface area contributed by atoms with Gasteiger partial charge in [-0.25, -0.2) is 0 Å². The van der Waals surface area contributed by atoms with Crippen molar-refractivity contribution in [2.45, 2.75) is 74.1 Å². The molecule has 5 atom stereocenters. The number of carbonyl (C=O) groups excluding carboxylic acids is 2. The van der Waals surface area contributed by atoms with Crippen molar-refractivity contribution in [3.63, 3.8) is 0 Å². The molecular weight excluding hydrogens is 482 g/mol. The molecule has 1 saturated heterocycles. The van der Waals surface area contributed by atoms with E-state index in [1.807, 2.05) is 18.2 Å². The number of likely N-dealkylation sites (tertiary alicyclic amines) is 1. The Morgan fingerprint density at radius 2 is 2.00 bits per heavy atom. The van der Waals surface area contributed by atoms with E-state index in [4.69, 9.17) is 15.2 Å². The van der Waals surface area contributed by atoms with Crippen LogP contribution in [0.4, 0.5) is 0 Å². The summed E-state index contributed by atoms with van der Waals surface area (Å²) in [4.78, 5) is 28.4. The average molecular weight is 516 g/mol. The standard InChI is InChI=1S/C30H33N3O5/c31-27(34)20-5-3-18-14-23-30(36)9-7-21(32-28(35)19-4-6-22-17(13-19)8-12-37-22)26-29(30,24(18)25(20)38-26)10-11-33(23)15-16-1-2-16/h3-6,13,16,21,23,26,36H,1-2,7-12,14-15H2,(H2,31,34)(H,32,35)/t21-,23-,26+,29+,30-/m1/s1. The van der Waals surface area contributed by atoms with E-state index in [1.165, 1.54) is 12.8 Å². The van der Waals surface area contributed by atoms with Crippen LogP contribution in [0.2, 0.25) is 0 Å². The molecule has 2 amide bonds. The zero-order valence-electron chi connectivity index (χ0n) is 21.4. The van der Waals surface area contributed by atoms with Crippen LogP contribution in [-0.4, -0.2) is 65.3 Å². The van der Waals surface area contributed by atoms with Gasteiger partial charge in [-0.2, -0.15) is 0 Å². The molecule has 1 spiro atoms. The first kappa shape index (κ1) is 22.8. The normalized spacial score (nSPS) is 34.1. The number of hydrogen-bond acceptors (Lipinski definition) is 6. The van der Waals surface area contributed by atoms with Crippen LogP contribution < -0.4 is 20.5 Å². The van der Waals surface area contributed by atoms with Gasteiger partial charge in [-0.15, -0.1) is 0 Å². The van der Waals surface area contributed by atoms with E-state index in [1.54, 1.807) is 12.1 Å². The lowest BCUT2D eigenvalue weighted by atomic mass is 9.48. The third-order valence-electron chi connectivity index (χ3n) is 10.3. The van der Waals surface area contributed by atoms with Gasteiger partial charge in [0.1, 0.15) is 17.6 Å². The number of ether oxygens (including phenoxy) is 2. The highest BCUT2D eigenvalue weighted by molar-refractivity contribution is 5.97. The summed E-state index contributed by atoms with van der Waals surface area (Å²) in [6.07, 6.45) is 5.50. The SMILES string of the molecule is NC(=O)c1ccc2c3c1O[C@H]1[C@H](NC(=O)c4ccc5c(c4)CCO5)CC[C@@]4(O)[C@@H](C2)N(CC2CC2)CC[C@]314. The second-order valence-electron chi connectivity index (χ2n) is 12.2. The molecule has 2 saturated carbocycles. The van der Waals surface area contributed by atoms with Gasteiger partial charge in [-0.3, -0.25) is 14.5 Å². The van der Waals surface area contributed by atoms with Gasteiger partial charge in [0, 0.05) is 30.1 Å². The molecule has 0 unspecified atom stereocenters. The Morgan fingerprint density at radius 3 is 2.82 bits per heavy atom. The molecule has 38 heavy (non-hydrogen) atoms. The number of piperidine rings is 1. The second-order valence-corrected chi connectivity index (χ2v) is 12.2. The van der Waals surface area contributed by atoms with Crippen LogP contribution in [0, 0.1) is 5.92 Å². The number of hydrogen-bond donors (Lipinski definition) is 3. The highest BCUT2D eigenvalue weighted by Gasteiger charge is 2.73. The fourth-order valence-electron chi connectivity index (χ4n) is 8.42. The fourth-order valence-corrected chi connectivity index (χ4v) is 8.42. The lowest BCUT2D eigenvalue weighted by molar-refractivity contribution is -0.191. The first-order valence-corrected chi connectivity index (χ1v) is 14.0. The summed E-state index contributed by atoms with van der Waals surface area (Å²) in [6, 6.07) is 9.05. The molecule has 4 N–H and O–H groups in total. The summed E-state index contributed by atoms with van der Waals surface area (Å²) in [5.41, 5.74) is 8.20. The fraction of sp³-hybridized carbons (Fsp3) is 0.533. The Bertz CT molecular complexity index is 1390. The van der Waals surface area contributed by atoms with Crippen LogP contribution in [0.3, 0.4) is 0 Å². The van der Waals surface area contributed by atoms with Crippen molar-refractivity contribution in [1.29, 1.82) is 0 Å². The van der Waals surface area contributed by atoms with Crippen LogP contribution in [-0.2, 0) is 18.3 Å². The van der Waals surface area contributed by atoms with Crippen molar-refractivity contribution in [3.05, 3.63) is 58.1 Å². The quantitative estimate of drug-likeness (QED) is 0.562. The number of nitrogens with one attached hydrogen (secondary N) is 1. The number of benzene rings is 2. The molecule has 0 radical (unpaired) electrons.